The first-order chi connectivity index (χ1) is 9.11. The zero-order valence-electron chi connectivity index (χ0n) is 12.0. The quantitative estimate of drug-likeness (QED) is 0.302. The Kier molecular flexibility index (Phi) is 9.79. The van der Waals surface area contributed by atoms with E-state index in [2.05, 4.69) is 22.5 Å². The molecule has 0 radical (unpaired) electrons. The van der Waals surface area contributed by atoms with Crippen LogP contribution in [-0.2, 0) is 11.3 Å². The average molecular weight is 390 g/mol. The van der Waals surface area contributed by atoms with E-state index in [1.165, 1.54) is 6.92 Å². The molecule has 112 valence electrons. The van der Waals surface area contributed by atoms with Gasteiger partial charge in [0.2, 0.25) is 5.91 Å². The highest BCUT2D eigenvalue weighted by atomic mass is 127. The summed E-state index contributed by atoms with van der Waals surface area (Å²) in [4.78, 5) is 15.2. The van der Waals surface area contributed by atoms with Gasteiger partial charge >= 0.3 is 0 Å². The van der Waals surface area contributed by atoms with Crippen molar-refractivity contribution in [1.82, 2.24) is 5.32 Å². The Morgan fingerprint density at radius 1 is 1.40 bits per heavy atom. The Balaban J connectivity index is 0.00000361. The van der Waals surface area contributed by atoms with E-state index < -0.39 is 0 Å². The van der Waals surface area contributed by atoms with Gasteiger partial charge in [0.1, 0.15) is 0 Å². The van der Waals surface area contributed by atoms with Gasteiger partial charge in [-0.1, -0.05) is 25.5 Å². The van der Waals surface area contributed by atoms with E-state index in [-0.39, 0.29) is 29.9 Å². The van der Waals surface area contributed by atoms with Crippen molar-refractivity contribution in [1.29, 1.82) is 0 Å². The van der Waals surface area contributed by atoms with Crippen LogP contribution in [0.2, 0.25) is 0 Å². The molecule has 6 heteroatoms. The summed E-state index contributed by atoms with van der Waals surface area (Å²) in [5.41, 5.74) is 7.53. The summed E-state index contributed by atoms with van der Waals surface area (Å²) in [5.74, 6) is 0.375. The molecule has 0 unspecified atom stereocenters. The van der Waals surface area contributed by atoms with Gasteiger partial charge in [-0.2, -0.15) is 0 Å². The fraction of sp³-hybridized carbons (Fsp3) is 0.429. The topological polar surface area (TPSA) is 79.5 Å². The number of carbonyl (C=O) groups is 1. The largest absolute Gasteiger partial charge is 0.370 e. The van der Waals surface area contributed by atoms with Crippen LogP contribution in [0.3, 0.4) is 0 Å². The average Bonchev–Trinajstić information content (AvgIpc) is 2.36. The molecule has 0 aliphatic rings. The van der Waals surface area contributed by atoms with Crippen LogP contribution in [0.4, 0.5) is 5.69 Å². The Labute approximate surface area is 137 Å². The lowest BCUT2D eigenvalue weighted by Gasteiger charge is -2.06. The second-order valence-corrected chi connectivity index (χ2v) is 4.36. The minimum Gasteiger partial charge on any atom is -0.370 e. The summed E-state index contributed by atoms with van der Waals surface area (Å²) in [6, 6.07) is 7.58. The Morgan fingerprint density at radius 3 is 2.80 bits per heavy atom. The number of hydrogen-bond donors (Lipinski definition) is 3. The fourth-order valence-corrected chi connectivity index (χ4v) is 1.58. The Morgan fingerprint density at radius 2 is 2.15 bits per heavy atom. The summed E-state index contributed by atoms with van der Waals surface area (Å²) in [7, 11) is 0. The van der Waals surface area contributed by atoms with Crippen LogP contribution >= 0.6 is 24.0 Å². The zero-order chi connectivity index (χ0) is 14.1. The van der Waals surface area contributed by atoms with Gasteiger partial charge in [-0.25, -0.2) is 4.99 Å². The van der Waals surface area contributed by atoms with E-state index in [0.29, 0.717) is 12.5 Å². The molecule has 1 rings (SSSR count). The predicted molar refractivity (Wildman–Crippen MR) is 94.4 cm³/mol. The van der Waals surface area contributed by atoms with E-state index in [1.807, 2.05) is 24.3 Å². The van der Waals surface area contributed by atoms with E-state index in [4.69, 9.17) is 5.73 Å². The lowest BCUT2D eigenvalue weighted by Crippen LogP contribution is -2.32. The Bertz CT molecular complexity index is 449. The van der Waals surface area contributed by atoms with E-state index in [0.717, 1.165) is 30.6 Å². The van der Waals surface area contributed by atoms with Crippen molar-refractivity contribution in [2.45, 2.75) is 33.2 Å². The fourth-order valence-electron chi connectivity index (χ4n) is 1.58. The number of unbranched alkanes of at least 4 members (excludes halogenated alkanes) is 1. The van der Waals surface area contributed by atoms with Gasteiger partial charge in [-0.05, 0) is 24.1 Å². The summed E-state index contributed by atoms with van der Waals surface area (Å²) >= 11 is 0. The third-order valence-electron chi connectivity index (χ3n) is 2.52. The number of amides is 1. The highest BCUT2D eigenvalue weighted by Crippen LogP contribution is 2.11. The van der Waals surface area contributed by atoms with Gasteiger partial charge in [0, 0.05) is 19.2 Å². The first-order valence-corrected chi connectivity index (χ1v) is 6.52. The van der Waals surface area contributed by atoms with E-state index >= 15 is 0 Å². The number of nitrogens with one attached hydrogen (secondary N) is 2. The second kappa shape index (κ2) is 10.5. The van der Waals surface area contributed by atoms with Crippen LogP contribution in [0.15, 0.2) is 29.3 Å². The standard InChI is InChI=1S/C14H22N4O.HI/c1-3-4-8-16-14(15)17-10-12-6-5-7-13(9-12)18-11(2)19;/h5-7,9H,3-4,8,10H2,1-2H3,(H,18,19)(H3,15,16,17);1H. The number of benzene rings is 1. The van der Waals surface area contributed by atoms with Gasteiger partial charge in [-0.3, -0.25) is 4.79 Å². The number of carbonyl (C=O) groups excluding carboxylic acids is 1. The SMILES string of the molecule is CCCCNC(N)=NCc1cccc(NC(C)=O)c1.I. The third kappa shape index (κ3) is 7.98. The van der Waals surface area contributed by atoms with Crippen LogP contribution in [-0.4, -0.2) is 18.4 Å². The number of nitrogens with two attached hydrogens (primary N) is 1. The molecule has 1 amide bonds. The van der Waals surface area contributed by atoms with E-state index in [9.17, 15) is 4.79 Å². The van der Waals surface area contributed by atoms with Crippen LogP contribution in [0.25, 0.3) is 0 Å². The summed E-state index contributed by atoms with van der Waals surface area (Å²) in [6.45, 7) is 4.96. The summed E-state index contributed by atoms with van der Waals surface area (Å²) in [5, 5.41) is 5.80. The molecular weight excluding hydrogens is 367 g/mol. The number of hydrogen-bond acceptors (Lipinski definition) is 2. The molecule has 4 N–H and O–H groups in total. The van der Waals surface area contributed by atoms with Crippen molar-refractivity contribution < 1.29 is 4.79 Å². The van der Waals surface area contributed by atoms with Gasteiger partial charge in [0.05, 0.1) is 6.54 Å². The molecule has 0 atom stereocenters. The minimum atomic E-state index is -0.0820. The zero-order valence-corrected chi connectivity index (χ0v) is 14.3. The van der Waals surface area contributed by atoms with Crippen LogP contribution in [0, 0.1) is 0 Å². The third-order valence-corrected chi connectivity index (χ3v) is 2.52. The van der Waals surface area contributed by atoms with Gasteiger partial charge in [0.25, 0.3) is 0 Å². The predicted octanol–water partition coefficient (Wildman–Crippen LogP) is 2.47. The molecule has 0 fully saturated rings. The highest BCUT2D eigenvalue weighted by Gasteiger charge is 1.98. The van der Waals surface area contributed by atoms with Crippen LogP contribution < -0.4 is 16.4 Å². The monoisotopic (exact) mass is 390 g/mol. The van der Waals surface area contributed by atoms with Gasteiger partial charge in [0.15, 0.2) is 5.96 Å². The molecule has 0 aliphatic carbocycles. The molecule has 1 aromatic rings. The van der Waals surface area contributed by atoms with Crippen molar-refractivity contribution in [3.05, 3.63) is 29.8 Å². The van der Waals surface area contributed by atoms with Crippen molar-refractivity contribution in [2.75, 3.05) is 11.9 Å². The minimum absolute atomic E-state index is 0. The number of rotatable bonds is 6. The maximum Gasteiger partial charge on any atom is 0.221 e. The summed E-state index contributed by atoms with van der Waals surface area (Å²) < 4.78 is 0. The molecular formula is C14H23IN4O. The smallest absolute Gasteiger partial charge is 0.221 e. The molecule has 0 saturated carbocycles. The lowest BCUT2D eigenvalue weighted by molar-refractivity contribution is -0.114. The molecule has 0 aromatic heterocycles. The number of aliphatic imine (C=N–C) groups is 1. The number of guanidine groups is 1. The normalized spacial score (nSPS) is 10.6. The summed E-state index contributed by atoms with van der Waals surface area (Å²) in [6.07, 6.45) is 2.20. The Hall–Kier alpha value is -1.31. The van der Waals surface area contributed by atoms with Crippen molar-refractivity contribution in [2.24, 2.45) is 10.7 Å². The van der Waals surface area contributed by atoms with Gasteiger partial charge in [-0.15, -0.1) is 24.0 Å². The van der Waals surface area contributed by atoms with E-state index in [1.54, 1.807) is 0 Å². The van der Waals surface area contributed by atoms with Crippen LogP contribution in [0.1, 0.15) is 32.3 Å². The highest BCUT2D eigenvalue weighted by molar-refractivity contribution is 14.0. The number of nitrogens with zero attached hydrogens (tertiary/aromatic N) is 1. The van der Waals surface area contributed by atoms with Gasteiger partial charge < -0.3 is 16.4 Å². The maximum absolute atomic E-state index is 11.0. The molecule has 20 heavy (non-hydrogen) atoms. The number of anilines is 1. The molecule has 0 aliphatic heterocycles. The second-order valence-electron chi connectivity index (χ2n) is 4.36. The van der Waals surface area contributed by atoms with Crippen molar-refractivity contribution in [3.8, 4) is 0 Å². The molecule has 0 bridgehead atoms. The lowest BCUT2D eigenvalue weighted by atomic mass is 10.2. The van der Waals surface area contributed by atoms with Crippen molar-refractivity contribution in [3.63, 3.8) is 0 Å². The first kappa shape index (κ1) is 18.7. The molecule has 0 heterocycles. The maximum atomic E-state index is 11.0. The molecule has 5 nitrogen and oxygen atoms in total. The molecule has 0 spiro atoms. The van der Waals surface area contributed by atoms with Crippen molar-refractivity contribution >= 4 is 41.5 Å². The molecule has 1 aromatic carbocycles. The molecule has 0 saturated heterocycles. The number of halogens is 1. The van der Waals surface area contributed by atoms with Crippen LogP contribution in [0.5, 0.6) is 0 Å². The first-order valence-electron chi connectivity index (χ1n) is 6.52.